The summed E-state index contributed by atoms with van der Waals surface area (Å²) < 4.78 is 0. The summed E-state index contributed by atoms with van der Waals surface area (Å²) in [6.45, 7) is 0. The van der Waals surface area contributed by atoms with Crippen molar-refractivity contribution in [3.05, 3.63) is 62.0 Å². The average Bonchev–Trinajstić information content (AvgIpc) is 2.99. The van der Waals surface area contributed by atoms with Gasteiger partial charge in [-0.2, -0.15) is 0 Å². The molecular weight excluding hydrogens is 338 g/mol. The van der Waals surface area contributed by atoms with Crippen LogP contribution >= 0.6 is 11.3 Å². The largest absolute Gasteiger partial charge is 0.353 e. The first-order valence-corrected chi connectivity index (χ1v) is 9.08. The first kappa shape index (κ1) is 15.8. The summed E-state index contributed by atoms with van der Waals surface area (Å²) in [5.74, 6) is -0.0400. The van der Waals surface area contributed by atoms with E-state index in [1.807, 2.05) is 6.08 Å². The zero-order valence-electron chi connectivity index (χ0n) is 13.5. The van der Waals surface area contributed by atoms with E-state index >= 15 is 0 Å². The van der Waals surface area contributed by atoms with Crippen LogP contribution in [0.4, 0.5) is 10.7 Å². The number of fused-ring (bicyclic) bond motifs is 3. The molecule has 128 valence electrons. The Balaban J connectivity index is 1.55. The Hall–Kier alpha value is -2.67. The van der Waals surface area contributed by atoms with E-state index in [9.17, 15) is 14.9 Å². The van der Waals surface area contributed by atoms with Crippen LogP contribution in [0.5, 0.6) is 0 Å². The molecule has 0 fully saturated rings. The molecular formula is C18H17N3O3S. The van der Waals surface area contributed by atoms with Gasteiger partial charge >= 0.3 is 0 Å². The molecule has 1 amide bonds. The fourth-order valence-electron chi connectivity index (χ4n) is 3.34. The topological polar surface area (TPSA) is 84.3 Å². The maximum Gasteiger partial charge on any atom is 0.270 e. The number of nitro benzene ring substituents is 1. The van der Waals surface area contributed by atoms with Gasteiger partial charge in [-0.25, -0.2) is 0 Å². The monoisotopic (exact) mass is 355 g/mol. The van der Waals surface area contributed by atoms with Crippen LogP contribution in [0.15, 0.2) is 30.3 Å². The Morgan fingerprint density at radius 1 is 1.24 bits per heavy atom. The number of nitro groups is 1. The number of hydrogen-bond donors (Lipinski definition) is 2. The van der Waals surface area contributed by atoms with Crippen LogP contribution in [0.25, 0.3) is 6.08 Å². The van der Waals surface area contributed by atoms with Gasteiger partial charge in [0, 0.05) is 17.0 Å². The summed E-state index contributed by atoms with van der Waals surface area (Å²) in [7, 11) is 0. The third-order valence-corrected chi connectivity index (χ3v) is 5.76. The van der Waals surface area contributed by atoms with Crippen molar-refractivity contribution in [2.24, 2.45) is 0 Å². The molecule has 0 bridgehead atoms. The minimum absolute atomic E-state index is 0.0400. The van der Waals surface area contributed by atoms with Crippen molar-refractivity contribution >= 4 is 34.0 Å². The van der Waals surface area contributed by atoms with Crippen molar-refractivity contribution in [3.63, 3.8) is 0 Å². The van der Waals surface area contributed by atoms with E-state index in [0.29, 0.717) is 0 Å². The molecule has 2 N–H and O–H groups in total. The molecule has 1 aliphatic heterocycles. The molecule has 2 aromatic rings. The Kier molecular flexibility index (Phi) is 4.01. The number of carbonyl (C=O) groups is 1. The minimum Gasteiger partial charge on any atom is -0.353 e. The number of benzene rings is 1. The number of hydrogen-bond acceptors (Lipinski definition) is 5. The summed E-state index contributed by atoms with van der Waals surface area (Å²) in [4.78, 5) is 24.3. The molecule has 0 spiro atoms. The Morgan fingerprint density at radius 3 is 2.92 bits per heavy atom. The number of thiophene rings is 1. The third kappa shape index (κ3) is 3.02. The van der Waals surface area contributed by atoms with Gasteiger partial charge in [-0.1, -0.05) is 18.2 Å². The standard InChI is InChI=1S/C18H17N3O3S/c22-17-16-13-6-1-2-7-14(13)25-18(16)20-15(19-17)9-8-11-4-3-5-12(10-11)21(23)24/h3-5,8-10,15,20H,1-2,6-7H2,(H,19,22)/b9-8+. The summed E-state index contributed by atoms with van der Waals surface area (Å²) in [6.07, 6.45) is 7.63. The van der Waals surface area contributed by atoms with E-state index in [4.69, 9.17) is 0 Å². The van der Waals surface area contributed by atoms with Gasteiger partial charge in [-0.05, 0) is 42.9 Å². The van der Waals surface area contributed by atoms with Crippen LogP contribution < -0.4 is 10.6 Å². The minimum atomic E-state index is -0.416. The number of anilines is 1. The molecule has 25 heavy (non-hydrogen) atoms. The molecule has 6 nitrogen and oxygen atoms in total. The van der Waals surface area contributed by atoms with Crippen LogP contribution in [0.1, 0.15) is 39.2 Å². The van der Waals surface area contributed by atoms with Crippen molar-refractivity contribution in [1.82, 2.24) is 5.32 Å². The summed E-state index contributed by atoms with van der Waals surface area (Å²) in [5.41, 5.74) is 2.79. The van der Waals surface area contributed by atoms with Gasteiger partial charge in [0.2, 0.25) is 0 Å². The number of amides is 1. The van der Waals surface area contributed by atoms with Gasteiger partial charge in [0.1, 0.15) is 11.2 Å². The van der Waals surface area contributed by atoms with Crippen molar-refractivity contribution < 1.29 is 9.72 Å². The lowest BCUT2D eigenvalue weighted by Crippen LogP contribution is -2.43. The zero-order valence-corrected chi connectivity index (χ0v) is 14.3. The van der Waals surface area contributed by atoms with Gasteiger partial charge < -0.3 is 10.6 Å². The number of aryl methyl sites for hydroxylation is 1. The fourth-order valence-corrected chi connectivity index (χ4v) is 4.67. The third-order valence-electron chi connectivity index (χ3n) is 4.53. The van der Waals surface area contributed by atoms with E-state index in [0.717, 1.165) is 35.4 Å². The predicted octanol–water partition coefficient (Wildman–Crippen LogP) is 3.73. The SMILES string of the molecule is O=C1NC(/C=C/c2cccc([N+](=O)[O-])c2)Nc2sc3c(c21)CCCC3. The Labute approximate surface area is 148 Å². The smallest absolute Gasteiger partial charge is 0.270 e. The Morgan fingerprint density at radius 2 is 2.08 bits per heavy atom. The van der Waals surface area contributed by atoms with Crippen LogP contribution in [-0.4, -0.2) is 17.0 Å². The Bertz CT molecular complexity index is 888. The quantitative estimate of drug-likeness (QED) is 0.649. The highest BCUT2D eigenvalue weighted by Crippen LogP contribution is 2.39. The van der Waals surface area contributed by atoms with Gasteiger partial charge in [-0.3, -0.25) is 14.9 Å². The summed E-state index contributed by atoms with van der Waals surface area (Å²) in [5, 5.41) is 18.1. The summed E-state index contributed by atoms with van der Waals surface area (Å²) >= 11 is 1.68. The van der Waals surface area contributed by atoms with E-state index in [-0.39, 0.29) is 17.8 Å². The van der Waals surface area contributed by atoms with Crippen molar-refractivity contribution in [1.29, 1.82) is 0 Å². The molecule has 1 unspecified atom stereocenters. The number of rotatable bonds is 3. The van der Waals surface area contributed by atoms with Crippen LogP contribution in [0.3, 0.4) is 0 Å². The van der Waals surface area contributed by atoms with Crippen molar-refractivity contribution in [2.75, 3.05) is 5.32 Å². The molecule has 1 aliphatic carbocycles. The van der Waals surface area contributed by atoms with E-state index < -0.39 is 4.92 Å². The maximum absolute atomic E-state index is 12.5. The van der Waals surface area contributed by atoms with Gasteiger partial charge in [-0.15, -0.1) is 11.3 Å². The molecule has 1 aromatic carbocycles. The van der Waals surface area contributed by atoms with Crippen molar-refractivity contribution in [3.8, 4) is 0 Å². The zero-order chi connectivity index (χ0) is 17.4. The molecule has 7 heteroatoms. The summed E-state index contributed by atoms with van der Waals surface area (Å²) in [6, 6.07) is 6.41. The van der Waals surface area contributed by atoms with Crippen molar-refractivity contribution in [2.45, 2.75) is 31.8 Å². The molecule has 2 aliphatic rings. The lowest BCUT2D eigenvalue weighted by molar-refractivity contribution is -0.384. The van der Waals surface area contributed by atoms with E-state index in [2.05, 4.69) is 10.6 Å². The van der Waals surface area contributed by atoms with E-state index in [1.165, 1.54) is 29.0 Å². The average molecular weight is 355 g/mol. The van der Waals surface area contributed by atoms with Gasteiger partial charge in [0.25, 0.3) is 11.6 Å². The molecule has 1 atom stereocenters. The number of non-ortho nitro benzene ring substituents is 1. The lowest BCUT2D eigenvalue weighted by Gasteiger charge is -2.24. The highest BCUT2D eigenvalue weighted by Gasteiger charge is 2.30. The first-order valence-electron chi connectivity index (χ1n) is 8.26. The molecule has 0 saturated carbocycles. The number of carbonyl (C=O) groups excluding carboxylic acids is 1. The second kappa shape index (κ2) is 6.33. The van der Waals surface area contributed by atoms with Crippen LogP contribution in [0.2, 0.25) is 0 Å². The molecule has 4 rings (SSSR count). The second-order valence-corrected chi connectivity index (χ2v) is 7.33. The molecule has 2 heterocycles. The lowest BCUT2D eigenvalue weighted by atomic mass is 9.94. The van der Waals surface area contributed by atoms with E-state index in [1.54, 1.807) is 29.5 Å². The molecule has 1 aromatic heterocycles. The fraction of sp³-hybridized carbons (Fsp3) is 0.278. The van der Waals surface area contributed by atoms with Crippen LogP contribution in [0, 0.1) is 10.1 Å². The first-order chi connectivity index (χ1) is 12.1. The maximum atomic E-state index is 12.5. The number of nitrogens with zero attached hydrogens (tertiary/aromatic N) is 1. The van der Waals surface area contributed by atoms with Gasteiger partial charge in [0.05, 0.1) is 10.5 Å². The predicted molar refractivity (Wildman–Crippen MR) is 98.0 cm³/mol. The normalized spacial score (nSPS) is 19.0. The number of nitrogens with one attached hydrogen (secondary N) is 2. The molecule has 0 saturated heterocycles. The van der Waals surface area contributed by atoms with Crippen LogP contribution in [-0.2, 0) is 12.8 Å². The highest BCUT2D eigenvalue weighted by atomic mass is 32.1. The molecule has 0 radical (unpaired) electrons. The van der Waals surface area contributed by atoms with Gasteiger partial charge in [0.15, 0.2) is 0 Å². The second-order valence-electron chi connectivity index (χ2n) is 6.22. The highest BCUT2D eigenvalue weighted by molar-refractivity contribution is 7.16.